The Labute approximate surface area is 108 Å². The first kappa shape index (κ1) is 19.2. The topological polar surface area (TPSA) is 104 Å². The first-order valence-corrected chi connectivity index (χ1v) is 5.95. The molecule has 0 heterocycles. The van der Waals surface area contributed by atoms with Gasteiger partial charge in [0.15, 0.2) is 0 Å². The molecule has 6 heteroatoms. The van der Waals surface area contributed by atoms with E-state index in [1.165, 1.54) is 0 Å². The predicted octanol–water partition coefficient (Wildman–Crippen LogP) is 0.798. The Balaban J connectivity index is 0. The Hall–Kier alpha value is -1.14. The van der Waals surface area contributed by atoms with Crippen LogP contribution in [0.3, 0.4) is 0 Å². The zero-order chi connectivity index (χ0) is 14.7. The molecule has 3 N–H and O–H groups in total. The molecule has 0 spiro atoms. The second-order valence-corrected chi connectivity index (χ2v) is 4.21. The van der Waals surface area contributed by atoms with Gasteiger partial charge >= 0.3 is 11.9 Å². The third-order valence-electron chi connectivity index (χ3n) is 1.89. The van der Waals surface area contributed by atoms with Gasteiger partial charge in [-0.2, -0.15) is 0 Å². The Kier molecular flexibility index (Phi) is 11.7. The second-order valence-electron chi connectivity index (χ2n) is 4.21. The van der Waals surface area contributed by atoms with Crippen molar-refractivity contribution in [3.8, 4) is 0 Å². The molecule has 0 aromatic heterocycles. The van der Waals surface area contributed by atoms with Crippen LogP contribution in [0.15, 0.2) is 0 Å². The van der Waals surface area contributed by atoms with Crippen LogP contribution < -0.4 is 0 Å². The van der Waals surface area contributed by atoms with Gasteiger partial charge in [-0.05, 0) is 20.3 Å². The molecular weight excluding hydrogens is 240 g/mol. The summed E-state index contributed by atoms with van der Waals surface area (Å²) in [6.07, 6.45) is -0.376. The standard InChI is InChI=1S/2C6H12O3/c1-4(6(8)9)3-5(2)7;1-3-6(8)9-4-5(2)7/h4-5,7H,3H2,1-2H3,(H,8,9);5,7H,3-4H2,1-2H3. The second kappa shape index (κ2) is 11.0. The largest absolute Gasteiger partial charge is 0.481 e. The number of hydrogen-bond acceptors (Lipinski definition) is 5. The fourth-order valence-corrected chi connectivity index (χ4v) is 0.928. The molecule has 0 saturated carbocycles. The highest BCUT2D eigenvalue weighted by Gasteiger charge is 2.12. The molecule has 0 amide bonds. The summed E-state index contributed by atoms with van der Waals surface area (Å²) >= 11 is 0. The molecule has 0 aromatic rings. The highest BCUT2D eigenvalue weighted by atomic mass is 16.5. The van der Waals surface area contributed by atoms with Gasteiger partial charge in [-0.15, -0.1) is 0 Å². The van der Waals surface area contributed by atoms with Crippen molar-refractivity contribution >= 4 is 11.9 Å². The van der Waals surface area contributed by atoms with E-state index in [-0.39, 0.29) is 12.6 Å². The molecule has 0 fully saturated rings. The normalized spacial score (nSPS) is 14.8. The zero-order valence-electron chi connectivity index (χ0n) is 11.4. The van der Waals surface area contributed by atoms with Crippen LogP contribution in [0.5, 0.6) is 0 Å². The van der Waals surface area contributed by atoms with E-state index < -0.39 is 24.1 Å². The quantitative estimate of drug-likeness (QED) is 0.613. The lowest BCUT2D eigenvalue weighted by molar-refractivity contribution is -0.146. The van der Waals surface area contributed by atoms with Crippen LogP contribution in [0.4, 0.5) is 0 Å². The summed E-state index contributed by atoms with van der Waals surface area (Å²) in [7, 11) is 0. The molecule has 108 valence electrons. The molecule has 6 nitrogen and oxygen atoms in total. The molecule has 0 radical (unpaired) electrons. The summed E-state index contributed by atoms with van der Waals surface area (Å²) in [4.78, 5) is 20.5. The molecule has 0 rings (SSSR count). The molecule has 0 saturated heterocycles. The Morgan fingerprint density at radius 2 is 1.61 bits per heavy atom. The summed E-state index contributed by atoms with van der Waals surface area (Å²) in [6, 6.07) is 0. The Bertz CT molecular complexity index is 235. The predicted molar refractivity (Wildman–Crippen MR) is 66.0 cm³/mol. The number of carboxylic acids is 1. The van der Waals surface area contributed by atoms with Crippen molar-refractivity contribution in [1.82, 2.24) is 0 Å². The van der Waals surface area contributed by atoms with Crippen LogP contribution in [0.25, 0.3) is 0 Å². The van der Waals surface area contributed by atoms with Crippen molar-refractivity contribution in [2.24, 2.45) is 5.92 Å². The van der Waals surface area contributed by atoms with Crippen molar-refractivity contribution in [2.45, 2.75) is 52.7 Å². The lowest BCUT2D eigenvalue weighted by Crippen LogP contribution is -2.15. The minimum atomic E-state index is -0.851. The van der Waals surface area contributed by atoms with Crippen LogP contribution in [0, 0.1) is 5.92 Å². The molecule has 18 heavy (non-hydrogen) atoms. The van der Waals surface area contributed by atoms with Gasteiger partial charge in [0.1, 0.15) is 6.61 Å². The van der Waals surface area contributed by atoms with Gasteiger partial charge in [0.25, 0.3) is 0 Å². The summed E-state index contributed by atoms with van der Waals surface area (Å²) in [6.45, 7) is 6.55. The SMILES string of the molecule is CC(O)CC(C)C(=O)O.CCC(=O)OCC(C)O. The fraction of sp³-hybridized carbons (Fsp3) is 0.833. The summed E-state index contributed by atoms with van der Waals surface area (Å²) in [5.74, 6) is -1.56. The van der Waals surface area contributed by atoms with Gasteiger partial charge in [0.2, 0.25) is 0 Å². The minimum absolute atomic E-state index is 0.104. The number of aliphatic hydroxyl groups excluding tert-OH is 2. The van der Waals surface area contributed by atoms with E-state index in [1.807, 2.05) is 0 Å². The number of hydrogen-bond donors (Lipinski definition) is 3. The average molecular weight is 264 g/mol. The van der Waals surface area contributed by atoms with Gasteiger partial charge < -0.3 is 20.1 Å². The maximum Gasteiger partial charge on any atom is 0.306 e. The van der Waals surface area contributed by atoms with Crippen molar-refractivity contribution in [3.63, 3.8) is 0 Å². The van der Waals surface area contributed by atoms with Gasteiger partial charge in [-0.25, -0.2) is 0 Å². The Morgan fingerprint density at radius 1 is 1.11 bits per heavy atom. The zero-order valence-corrected chi connectivity index (χ0v) is 11.4. The Morgan fingerprint density at radius 3 is 1.83 bits per heavy atom. The number of carbonyl (C=O) groups excluding carboxylic acids is 1. The third kappa shape index (κ3) is 14.9. The molecule has 0 aliphatic heterocycles. The smallest absolute Gasteiger partial charge is 0.306 e. The molecule has 0 aliphatic rings. The number of carboxylic acid groups (broad SMARTS) is 1. The number of rotatable bonds is 6. The van der Waals surface area contributed by atoms with Crippen molar-refractivity contribution in [2.75, 3.05) is 6.61 Å². The monoisotopic (exact) mass is 264 g/mol. The molecule has 0 aromatic carbocycles. The third-order valence-corrected chi connectivity index (χ3v) is 1.89. The molecule has 0 bridgehead atoms. The van der Waals surface area contributed by atoms with Gasteiger partial charge in [0.05, 0.1) is 18.1 Å². The first-order chi connectivity index (χ1) is 8.20. The molecular formula is C12H24O6. The number of aliphatic carboxylic acids is 1. The van der Waals surface area contributed by atoms with Gasteiger partial charge in [0, 0.05) is 6.42 Å². The summed E-state index contributed by atoms with van der Waals surface area (Å²) < 4.78 is 4.56. The minimum Gasteiger partial charge on any atom is -0.481 e. The van der Waals surface area contributed by atoms with Crippen LogP contribution in [0.1, 0.15) is 40.5 Å². The van der Waals surface area contributed by atoms with Crippen molar-refractivity contribution < 1.29 is 29.6 Å². The number of carbonyl (C=O) groups is 2. The van der Waals surface area contributed by atoms with E-state index in [4.69, 9.17) is 15.3 Å². The van der Waals surface area contributed by atoms with E-state index >= 15 is 0 Å². The lowest BCUT2D eigenvalue weighted by Gasteiger charge is -2.06. The van der Waals surface area contributed by atoms with Gasteiger partial charge in [-0.1, -0.05) is 13.8 Å². The maximum atomic E-state index is 10.4. The van der Waals surface area contributed by atoms with E-state index in [1.54, 1.807) is 27.7 Å². The van der Waals surface area contributed by atoms with E-state index in [2.05, 4.69) is 4.74 Å². The molecule has 3 unspecified atom stereocenters. The van der Waals surface area contributed by atoms with Crippen LogP contribution in [-0.2, 0) is 14.3 Å². The summed E-state index contributed by atoms with van der Waals surface area (Å²) in [5.41, 5.74) is 0. The van der Waals surface area contributed by atoms with Crippen LogP contribution in [0.2, 0.25) is 0 Å². The summed E-state index contributed by atoms with van der Waals surface area (Å²) in [5, 5.41) is 25.6. The van der Waals surface area contributed by atoms with Gasteiger partial charge in [-0.3, -0.25) is 9.59 Å². The van der Waals surface area contributed by atoms with Crippen LogP contribution in [-0.4, -0.2) is 46.1 Å². The maximum absolute atomic E-state index is 10.4. The molecule has 0 aliphatic carbocycles. The number of aliphatic hydroxyl groups is 2. The highest BCUT2D eigenvalue weighted by Crippen LogP contribution is 2.04. The lowest BCUT2D eigenvalue weighted by atomic mass is 10.1. The highest BCUT2D eigenvalue weighted by molar-refractivity contribution is 5.69. The van der Waals surface area contributed by atoms with Crippen molar-refractivity contribution in [1.29, 1.82) is 0 Å². The van der Waals surface area contributed by atoms with E-state index in [0.717, 1.165) is 0 Å². The van der Waals surface area contributed by atoms with E-state index in [9.17, 15) is 9.59 Å². The number of ether oxygens (including phenoxy) is 1. The van der Waals surface area contributed by atoms with Crippen LogP contribution >= 0.6 is 0 Å². The number of esters is 1. The van der Waals surface area contributed by atoms with E-state index in [0.29, 0.717) is 12.8 Å². The fourth-order valence-electron chi connectivity index (χ4n) is 0.928. The average Bonchev–Trinajstić information content (AvgIpc) is 2.25. The first-order valence-electron chi connectivity index (χ1n) is 5.95. The molecule has 3 atom stereocenters. The van der Waals surface area contributed by atoms with Crippen molar-refractivity contribution in [3.05, 3.63) is 0 Å².